The summed E-state index contributed by atoms with van der Waals surface area (Å²) in [6.45, 7) is 1.01. The molecular formula is C35H28Cl2FN5O5. The lowest BCUT2D eigenvalue weighted by molar-refractivity contribution is 0.0516. The molecule has 3 aromatic carbocycles. The van der Waals surface area contributed by atoms with Crippen LogP contribution in [0.25, 0.3) is 33.2 Å². The molecule has 0 saturated carbocycles. The molecule has 2 atom stereocenters. The molecule has 48 heavy (non-hydrogen) atoms. The number of rotatable bonds is 5. The summed E-state index contributed by atoms with van der Waals surface area (Å²) in [7, 11) is 1.83. The van der Waals surface area contributed by atoms with Crippen molar-refractivity contribution >= 4 is 51.7 Å². The van der Waals surface area contributed by atoms with Gasteiger partial charge in [-0.05, 0) is 42.7 Å². The lowest BCUT2D eigenvalue weighted by Crippen LogP contribution is -2.46. The van der Waals surface area contributed by atoms with Crippen LogP contribution in [0.3, 0.4) is 0 Å². The van der Waals surface area contributed by atoms with Crippen molar-refractivity contribution in [1.82, 2.24) is 19.7 Å². The molecule has 2 saturated heterocycles. The Kier molecular flexibility index (Phi) is 7.50. The first-order valence-corrected chi connectivity index (χ1v) is 16.2. The molecule has 8 rings (SSSR count). The maximum Gasteiger partial charge on any atom is 0.337 e. The van der Waals surface area contributed by atoms with Crippen molar-refractivity contribution < 1.29 is 28.6 Å². The molecule has 0 spiro atoms. The van der Waals surface area contributed by atoms with Gasteiger partial charge in [0.25, 0.3) is 5.91 Å². The Labute approximate surface area is 284 Å². The highest BCUT2D eigenvalue weighted by atomic mass is 35.5. The Hall–Kier alpha value is -4.71. The van der Waals surface area contributed by atoms with Crippen LogP contribution in [0, 0.1) is 5.82 Å². The van der Waals surface area contributed by atoms with Crippen LogP contribution in [-0.2, 0) is 18.3 Å². The van der Waals surface area contributed by atoms with Crippen LogP contribution < -0.4 is 9.64 Å². The number of fused-ring (bicyclic) bond motifs is 4. The van der Waals surface area contributed by atoms with Gasteiger partial charge in [0.05, 0.1) is 76.6 Å². The first-order valence-electron chi connectivity index (χ1n) is 15.4. The highest BCUT2D eigenvalue weighted by Gasteiger charge is 2.40. The van der Waals surface area contributed by atoms with E-state index in [4.69, 9.17) is 32.7 Å². The van der Waals surface area contributed by atoms with Crippen molar-refractivity contribution in [2.75, 3.05) is 24.8 Å². The van der Waals surface area contributed by atoms with Crippen molar-refractivity contribution in [3.8, 4) is 28.0 Å². The van der Waals surface area contributed by atoms with Crippen LogP contribution in [0.5, 0.6) is 5.75 Å². The number of nitrogens with zero attached hydrogens (tertiary/aromatic N) is 5. The minimum atomic E-state index is -1.20. The number of hydrogen-bond donors (Lipinski definition) is 1. The molecule has 5 aromatic rings. The number of amides is 1. The first kappa shape index (κ1) is 30.6. The molecule has 13 heteroatoms. The number of hydrogen-bond acceptors (Lipinski definition) is 7. The third kappa shape index (κ3) is 4.96. The van der Waals surface area contributed by atoms with E-state index in [9.17, 15) is 14.7 Å². The van der Waals surface area contributed by atoms with Crippen LogP contribution in [-0.4, -0.2) is 68.7 Å². The quantitative estimate of drug-likeness (QED) is 0.215. The van der Waals surface area contributed by atoms with Gasteiger partial charge in [-0.3, -0.25) is 14.5 Å². The Morgan fingerprint density at radius 2 is 1.73 bits per heavy atom. The molecule has 0 aliphatic carbocycles. The molecule has 3 aliphatic heterocycles. The summed E-state index contributed by atoms with van der Waals surface area (Å²) in [6, 6.07) is 11.4. The van der Waals surface area contributed by atoms with Gasteiger partial charge in [-0.15, -0.1) is 0 Å². The summed E-state index contributed by atoms with van der Waals surface area (Å²) in [4.78, 5) is 33.9. The van der Waals surface area contributed by atoms with Gasteiger partial charge in [-0.2, -0.15) is 5.10 Å². The topological polar surface area (TPSA) is 110 Å². The molecule has 1 amide bonds. The van der Waals surface area contributed by atoms with E-state index in [0.717, 1.165) is 35.4 Å². The fourth-order valence-electron chi connectivity index (χ4n) is 7.17. The van der Waals surface area contributed by atoms with E-state index in [1.807, 2.05) is 7.05 Å². The fourth-order valence-corrected chi connectivity index (χ4v) is 7.82. The molecule has 10 nitrogen and oxygen atoms in total. The van der Waals surface area contributed by atoms with Gasteiger partial charge in [0.15, 0.2) is 6.73 Å². The van der Waals surface area contributed by atoms with Crippen LogP contribution >= 0.6 is 23.2 Å². The van der Waals surface area contributed by atoms with Gasteiger partial charge in [0.2, 0.25) is 0 Å². The Morgan fingerprint density at radius 1 is 0.979 bits per heavy atom. The minimum absolute atomic E-state index is 0.0223. The number of anilines is 1. The number of aryl methyl sites for hydroxylation is 1. The summed E-state index contributed by atoms with van der Waals surface area (Å²) in [5.74, 6) is -1.88. The molecular weight excluding hydrogens is 660 g/mol. The smallest absolute Gasteiger partial charge is 0.337 e. The molecule has 0 radical (unpaired) electrons. The van der Waals surface area contributed by atoms with Gasteiger partial charge >= 0.3 is 5.97 Å². The van der Waals surface area contributed by atoms with Crippen LogP contribution in [0.15, 0.2) is 61.1 Å². The maximum absolute atomic E-state index is 15.7. The molecule has 2 aromatic heterocycles. The number of carbonyl (C=O) groups is 2. The highest BCUT2D eigenvalue weighted by Crippen LogP contribution is 2.43. The SMILES string of the molecule is Cn1ncc2c(-c3cc(Cl)c(C(=O)N4COc5c(cccc5-c5cc(N6C7CCC6COC7)c(C(=O)O)cc5F)C4)c(Cl)c3)cncc21. The highest BCUT2D eigenvalue weighted by molar-refractivity contribution is 6.40. The second-order valence-corrected chi connectivity index (χ2v) is 13.1. The minimum Gasteiger partial charge on any atom is -0.478 e. The number of benzene rings is 3. The molecule has 2 bridgehead atoms. The van der Waals surface area contributed by atoms with Crippen molar-refractivity contribution in [2.45, 2.75) is 31.5 Å². The largest absolute Gasteiger partial charge is 0.478 e. The Balaban J connectivity index is 1.11. The number of carboxylic acids is 1. The van der Waals surface area contributed by atoms with Crippen molar-refractivity contribution in [1.29, 1.82) is 0 Å². The molecule has 1 N–H and O–H groups in total. The number of para-hydroxylation sites is 1. The molecule has 3 aliphatic rings. The number of ether oxygens (including phenoxy) is 2. The van der Waals surface area contributed by atoms with Gasteiger partial charge in [-0.25, -0.2) is 9.18 Å². The van der Waals surface area contributed by atoms with Crippen molar-refractivity contribution in [3.05, 3.63) is 93.6 Å². The normalized spacial score (nSPS) is 18.6. The van der Waals surface area contributed by atoms with Gasteiger partial charge in [-0.1, -0.05) is 41.4 Å². The first-order chi connectivity index (χ1) is 23.2. The standard InChI is InChI=1S/C35H28Cl2FN5O5/c1-41-31-13-39-11-25(26(31)12-40-41)19-7-27(36)32(28(37)8-19)34(44)42-14-18-3-2-4-22(33(18)48-17-42)23-10-30(24(35(45)46)9-29(23)38)43-20-5-6-21(43)16-47-15-20/h2-4,7-13,20-21H,5-6,14-17H2,1H3,(H,45,46). The Bertz CT molecular complexity index is 2120. The second kappa shape index (κ2) is 11.8. The fraction of sp³-hybridized carbons (Fsp3) is 0.257. The number of halogens is 3. The average molecular weight is 689 g/mol. The number of carbonyl (C=O) groups excluding carboxylic acids is 1. The number of aromatic carboxylic acids is 1. The van der Waals surface area contributed by atoms with Crippen LogP contribution in [0.2, 0.25) is 10.0 Å². The zero-order chi connectivity index (χ0) is 33.3. The molecule has 2 unspecified atom stereocenters. The van der Waals surface area contributed by atoms with Gasteiger partial charge in [0, 0.05) is 40.9 Å². The third-order valence-corrected chi connectivity index (χ3v) is 10.1. The van der Waals surface area contributed by atoms with Gasteiger partial charge in [0.1, 0.15) is 11.6 Å². The predicted molar refractivity (Wildman–Crippen MR) is 178 cm³/mol. The lowest BCUT2D eigenvalue weighted by Gasteiger charge is -2.37. The number of morpholine rings is 1. The third-order valence-electron chi connectivity index (χ3n) is 9.48. The van der Waals surface area contributed by atoms with E-state index in [-0.39, 0.29) is 52.1 Å². The zero-order valence-electron chi connectivity index (χ0n) is 25.6. The lowest BCUT2D eigenvalue weighted by atomic mass is 9.96. The summed E-state index contributed by atoms with van der Waals surface area (Å²) in [5, 5.41) is 15.5. The molecule has 2 fully saturated rings. The summed E-state index contributed by atoms with van der Waals surface area (Å²) >= 11 is 13.4. The van der Waals surface area contributed by atoms with E-state index >= 15 is 4.39 Å². The summed E-state index contributed by atoms with van der Waals surface area (Å²) in [5.41, 5.74) is 4.15. The zero-order valence-corrected chi connectivity index (χ0v) is 27.1. The Morgan fingerprint density at radius 3 is 2.46 bits per heavy atom. The van der Waals surface area contributed by atoms with Crippen molar-refractivity contribution in [2.24, 2.45) is 7.05 Å². The average Bonchev–Trinajstić information content (AvgIpc) is 3.57. The molecule has 5 heterocycles. The van der Waals surface area contributed by atoms with E-state index in [0.29, 0.717) is 41.3 Å². The summed E-state index contributed by atoms with van der Waals surface area (Å²) in [6.07, 6.45) is 6.91. The monoisotopic (exact) mass is 687 g/mol. The number of pyridine rings is 1. The predicted octanol–water partition coefficient (Wildman–Crippen LogP) is 6.81. The number of aromatic nitrogens is 3. The summed E-state index contributed by atoms with van der Waals surface area (Å²) < 4.78 is 29.3. The van der Waals surface area contributed by atoms with E-state index < -0.39 is 17.7 Å². The van der Waals surface area contributed by atoms with E-state index in [1.54, 1.807) is 59.7 Å². The van der Waals surface area contributed by atoms with Crippen LogP contribution in [0.1, 0.15) is 39.1 Å². The second-order valence-electron chi connectivity index (χ2n) is 12.3. The van der Waals surface area contributed by atoms with Crippen molar-refractivity contribution in [3.63, 3.8) is 0 Å². The van der Waals surface area contributed by atoms with Crippen LogP contribution in [0.4, 0.5) is 10.1 Å². The number of carboxylic acid groups (broad SMARTS) is 1. The maximum atomic E-state index is 15.7. The van der Waals surface area contributed by atoms with E-state index in [2.05, 4.69) is 15.0 Å². The van der Waals surface area contributed by atoms with E-state index in [1.165, 1.54) is 4.90 Å². The molecule has 244 valence electrons. The van der Waals surface area contributed by atoms with Gasteiger partial charge < -0.3 is 24.4 Å².